The first-order valence-electron chi connectivity index (χ1n) is 5.95. The van der Waals surface area contributed by atoms with Crippen LogP contribution in [0.1, 0.15) is 0 Å². The van der Waals surface area contributed by atoms with E-state index in [1.807, 2.05) is 4.90 Å². The fourth-order valence-corrected chi connectivity index (χ4v) is 2.42. The second kappa shape index (κ2) is 5.40. The van der Waals surface area contributed by atoms with Crippen LogP contribution < -0.4 is 10.6 Å². The van der Waals surface area contributed by atoms with Crippen LogP contribution in [0.3, 0.4) is 0 Å². The van der Waals surface area contributed by atoms with E-state index in [9.17, 15) is 18.0 Å². The van der Waals surface area contributed by atoms with Crippen LogP contribution in [-0.2, 0) is 4.79 Å². The zero-order valence-corrected chi connectivity index (χ0v) is 11.2. The standard InChI is InChI=1S/C12H13ClF3N3O/c13-9-7-8(17)1-2-10(9)18-3-5-19(6-4-18)11(20)12(14,15)16/h1-2,7H,3-6,17H2. The Morgan fingerprint density at radius 3 is 2.30 bits per heavy atom. The minimum Gasteiger partial charge on any atom is -0.399 e. The van der Waals surface area contributed by atoms with Gasteiger partial charge < -0.3 is 15.5 Å². The normalized spacial score (nSPS) is 16.4. The van der Waals surface area contributed by atoms with Gasteiger partial charge in [-0.05, 0) is 18.2 Å². The highest BCUT2D eigenvalue weighted by atomic mass is 35.5. The maximum Gasteiger partial charge on any atom is 0.471 e. The van der Waals surface area contributed by atoms with Crippen molar-refractivity contribution in [2.75, 3.05) is 36.8 Å². The van der Waals surface area contributed by atoms with Crippen molar-refractivity contribution in [1.29, 1.82) is 0 Å². The lowest BCUT2D eigenvalue weighted by molar-refractivity contribution is -0.185. The largest absolute Gasteiger partial charge is 0.471 e. The Kier molecular flexibility index (Phi) is 3.99. The van der Waals surface area contributed by atoms with Crippen molar-refractivity contribution in [1.82, 2.24) is 4.90 Å². The molecule has 1 fully saturated rings. The van der Waals surface area contributed by atoms with Crippen molar-refractivity contribution in [2.24, 2.45) is 0 Å². The number of hydrogen-bond donors (Lipinski definition) is 1. The second-order valence-corrected chi connectivity index (χ2v) is 4.90. The molecule has 0 atom stereocenters. The highest BCUT2D eigenvalue weighted by Crippen LogP contribution is 2.29. The van der Waals surface area contributed by atoms with Crippen LogP contribution in [0.25, 0.3) is 0 Å². The van der Waals surface area contributed by atoms with Crippen molar-refractivity contribution in [3.05, 3.63) is 23.2 Å². The average Bonchev–Trinajstić information content (AvgIpc) is 2.37. The Bertz CT molecular complexity index is 513. The third-order valence-electron chi connectivity index (χ3n) is 3.12. The number of hydrogen-bond acceptors (Lipinski definition) is 3. The van der Waals surface area contributed by atoms with Crippen LogP contribution in [-0.4, -0.2) is 43.2 Å². The summed E-state index contributed by atoms with van der Waals surface area (Å²) >= 11 is 6.05. The van der Waals surface area contributed by atoms with Gasteiger partial charge in [0, 0.05) is 31.9 Å². The molecule has 0 unspecified atom stereocenters. The second-order valence-electron chi connectivity index (χ2n) is 4.49. The molecule has 20 heavy (non-hydrogen) atoms. The Morgan fingerprint density at radius 1 is 1.20 bits per heavy atom. The van der Waals surface area contributed by atoms with Crippen molar-refractivity contribution < 1.29 is 18.0 Å². The molecule has 0 aliphatic carbocycles. The molecule has 110 valence electrons. The summed E-state index contributed by atoms with van der Waals surface area (Å²) in [5, 5.41) is 0.445. The third-order valence-corrected chi connectivity index (χ3v) is 3.42. The number of carbonyl (C=O) groups is 1. The maximum atomic E-state index is 12.3. The molecular weight excluding hydrogens is 295 g/mol. The first-order valence-corrected chi connectivity index (χ1v) is 6.33. The number of nitrogens with two attached hydrogens (primary N) is 1. The molecular formula is C12H13ClF3N3O. The Morgan fingerprint density at radius 2 is 1.80 bits per heavy atom. The number of carbonyl (C=O) groups excluding carboxylic acids is 1. The van der Waals surface area contributed by atoms with E-state index in [2.05, 4.69) is 0 Å². The van der Waals surface area contributed by atoms with E-state index in [0.717, 1.165) is 4.90 Å². The van der Waals surface area contributed by atoms with Crippen LogP contribution in [0, 0.1) is 0 Å². The van der Waals surface area contributed by atoms with Gasteiger partial charge in [-0.3, -0.25) is 4.79 Å². The molecule has 1 aromatic rings. The molecule has 1 saturated heterocycles. The minimum atomic E-state index is -4.82. The van der Waals surface area contributed by atoms with Crippen LogP contribution in [0.5, 0.6) is 0 Å². The number of anilines is 2. The topological polar surface area (TPSA) is 49.6 Å². The number of benzene rings is 1. The van der Waals surface area contributed by atoms with E-state index < -0.39 is 12.1 Å². The lowest BCUT2D eigenvalue weighted by atomic mass is 10.2. The molecule has 2 rings (SSSR count). The lowest BCUT2D eigenvalue weighted by Crippen LogP contribution is -2.52. The molecule has 1 heterocycles. The maximum absolute atomic E-state index is 12.3. The van der Waals surface area contributed by atoms with Crippen LogP contribution in [0.15, 0.2) is 18.2 Å². The van der Waals surface area contributed by atoms with E-state index in [0.29, 0.717) is 29.5 Å². The molecule has 0 bridgehead atoms. The van der Waals surface area contributed by atoms with Gasteiger partial charge in [0.05, 0.1) is 10.7 Å². The fraction of sp³-hybridized carbons (Fsp3) is 0.417. The van der Waals surface area contributed by atoms with E-state index in [4.69, 9.17) is 17.3 Å². The van der Waals surface area contributed by atoms with Crippen molar-refractivity contribution in [3.63, 3.8) is 0 Å². The van der Waals surface area contributed by atoms with Crippen molar-refractivity contribution in [3.8, 4) is 0 Å². The summed E-state index contributed by atoms with van der Waals surface area (Å²) in [6.07, 6.45) is -4.82. The average molecular weight is 308 g/mol. The van der Waals surface area contributed by atoms with Gasteiger partial charge in [0.1, 0.15) is 0 Å². The van der Waals surface area contributed by atoms with E-state index in [-0.39, 0.29) is 13.1 Å². The quantitative estimate of drug-likeness (QED) is 0.809. The molecule has 1 aliphatic rings. The number of rotatable bonds is 1. The Balaban J connectivity index is 2.03. The third kappa shape index (κ3) is 3.09. The van der Waals surface area contributed by atoms with Crippen molar-refractivity contribution >= 4 is 28.9 Å². The molecule has 0 radical (unpaired) electrons. The zero-order chi connectivity index (χ0) is 14.9. The van der Waals surface area contributed by atoms with E-state index >= 15 is 0 Å². The molecule has 1 aliphatic heterocycles. The number of halogens is 4. The predicted molar refractivity (Wildman–Crippen MR) is 70.7 cm³/mol. The molecule has 1 amide bonds. The van der Waals surface area contributed by atoms with Gasteiger partial charge in [-0.15, -0.1) is 0 Å². The number of nitrogen functional groups attached to an aromatic ring is 1. The first kappa shape index (κ1) is 14.8. The summed E-state index contributed by atoms with van der Waals surface area (Å²) in [6.45, 7) is 0.620. The monoisotopic (exact) mass is 307 g/mol. The molecule has 4 nitrogen and oxygen atoms in total. The van der Waals surface area contributed by atoms with Gasteiger partial charge in [0.2, 0.25) is 0 Å². The number of alkyl halides is 3. The van der Waals surface area contributed by atoms with Gasteiger partial charge in [0.15, 0.2) is 0 Å². The SMILES string of the molecule is Nc1ccc(N2CCN(C(=O)C(F)(F)F)CC2)c(Cl)c1. The highest BCUT2D eigenvalue weighted by molar-refractivity contribution is 6.33. The van der Waals surface area contributed by atoms with Crippen LogP contribution in [0.2, 0.25) is 5.02 Å². The van der Waals surface area contributed by atoms with Gasteiger partial charge in [0.25, 0.3) is 0 Å². The van der Waals surface area contributed by atoms with Crippen LogP contribution >= 0.6 is 11.6 Å². The molecule has 2 N–H and O–H groups in total. The molecule has 0 aromatic heterocycles. The summed E-state index contributed by atoms with van der Waals surface area (Å²) < 4.78 is 37.0. The minimum absolute atomic E-state index is 0.0129. The summed E-state index contributed by atoms with van der Waals surface area (Å²) in [4.78, 5) is 13.8. The summed E-state index contributed by atoms with van der Waals surface area (Å²) in [6, 6.07) is 4.98. The zero-order valence-electron chi connectivity index (χ0n) is 10.5. The number of piperazine rings is 1. The smallest absolute Gasteiger partial charge is 0.399 e. The first-order chi connectivity index (χ1) is 9.29. The molecule has 0 saturated carbocycles. The van der Waals surface area contributed by atoms with Gasteiger partial charge in [-0.2, -0.15) is 13.2 Å². The van der Waals surface area contributed by atoms with Gasteiger partial charge >= 0.3 is 12.1 Å². The number of amides is 1. The molecule has 0 spiro atoms. The van der Waals surface area contributed by atoms with E-state index in [1.165, 1.54) is 0 Å². The lowest BCUT2D eigenvalue weighted by Gasteiger charge is -2.36. The molecule has 8 heteroatoms. The van der Waals surface area contributed by atoms with Crippen molar-refractivity contribution in [2.45, 2.75) is 6.18 Å². The Labute approximate surface area is 118 Å². The fourth-order valence-electron chi connectivity index (χ4n) is 2.11. The van der Waals surface area contributed by atoms with Gasteiger partial charge in [-0.1, -0.05) is 11.6 Å². The summed E-state index contributed by atoms with van der Waals surface area (Å²) in [7, 11) is 0. The van der Waals surface area contributed by atoms with Crippen LogP contribution in [0.4, 0.5) is 24.5 Å². The van der Waals surface area contributed by atoms with Gasteiger partial charge in [-0.25, -0.2) is 0 Å². The highest BCUT2D eigenvalue weighted by Gasteiger charge is 2.43. The molecule has 1 aromatic carbocycles. The number of nitrogens with zero attached hydrogens (tertiary/aromatic N) is 2. The predicted octanol–water partition coefficient (Wildman–Crippen LogP) is 2.13. The summed E-state index contributed by atoms with van der Waals surface area (Å²) in [5.41, 5.74) is 6.81. The Hall–Kier alpha value is -1.63. The van der Waals surface area contributed by atoms with E-state index in [1.54, 1.807) is 18.2 Å². The summed E-state index contributed by atoms with van der Waals surface area (Å²) in [5.74, 6) is -1.79.